The van der Waals surface area contributed by atoms with Crippen molar-refractivity contribution in [2.45, 2.75) is 18.9 Å². The minimum Gasteiger partial charge on any atom is -0.388 e. The number of benzene rings is 1. The molecule has 0 aliphatic heterocycles. The van der Waals surface area contributed by atoms with E-state index in [2.05, 4.69) is 11.1 Å². The molecule has 86 valence electrons. The molecule has 0 radical (unpaired) electrons. The van der Waals surface area contributed by atoms with Gasteiger partial charge in [0.1, 0.15) is 0 Å². The molecule has 0 fully saturated rings. The molecule has 2 nitrogen and oxygen atoms in total. The van der Waals surface area contributed by atoms with E-state index in [1.165, 1.54) is 5.56 Å². The second-order valence-electron chi connectivity index (χ2n) is 4.63. The molecule has 0 bridgehead atoms. The molecule has 1 aromatic carbocycles. The molecule has 1 heterocycles. The Morgan fingerprint density at radius 2 is 1.94 bits per heavy atom. The van der Waals surface area contributed by atoms with Crippen LogP contribution in [0.2, 0.25) is 0 Å². The molecule has 1 aliphatic carbocycles. The monoisotopic (exact) mass is 225 g/mol. The van der Waals surface area contributed by atoms with E-state index in [4.69, 9.17) is 0 Å². The fourth-order valence-electron chi connectivity index (χ4n) is 2.63. The molecule has 2 atom stereocenters. The van der Waals surface area contributed by atoms with Crippen LogP contribution < -0.4 is 0 Å². The van der Waals surface area contributed by atoms with Crippen molar-refractivity contribution in [2.24, 2.45) is 5.92 Å². The van der Waals surface area contributed by atoms with E-state index in [-0.39, 0.29) is 12.0 Å². The summed E-state index contributed by atoms with van der Waals surface area (Å²) in [6, 6.07) is 14.1. The Labute approximate surface area is 101 Å². The Morgan fingerprint density at radius 1 is 1.12 bits per heavy atom. The number of nitrogens with zero attached hydrogens (tertiary/aromatic N) is 1. The second-order valence-corrected chi connectivity index (χ2v) is 4.63. The van der Waals surface area contributed by atoms with Crippen molar-refractivity contribution in [2.75, 3.05) is 0 Å². The van der Waals surface area contributed by atoms with Gasteiger partial charge in [-0.2, -0.15) is 0 Å². The topological polar surface area (TPSA) is 33.1 Å². The maximum absolute atomic E-state index is 10.3. The number of aliphatic hydroxyl groups excluding tert-OH is 1. The van der Waals surface area contributed by atoms with E-state index in [1.54, 1.807) is 0 Å². The first-order valence-electron chi connectivity index (χ1n) is 6.00. The molecule has 2 aromatic rings. The summed E-state index contributed by atoms with van der Waals surface area (Å²) in [4.78, 5) is 4.33. The van der Waals surface area contributed by atoms with Gasteiger partial charge >= 0.3 is 0 Å². The zero-order chi connectivity index (χ0) is 11.7. The van der Waals surface area contributed by atoms with Crippen LogP contribution in [0.4, 0.5) is 0 Å². The Hall–Kier alpha value is -1.67. The van der Waals surface area contributed by atoms with Crippen LogP contribution in [-0.2, 0) is 12.8 Å². The van der Waals surface area contributed by atoms with Gasteiger partial charge in [0, 0.05) is 11.9 Å². The van der Waals surface area contributed by atoms with Crippen LogP contribution in [0, 0.1) is 5.92 Å². The van der Waals surface area contributed by atoms with Gasteiger partial charge in [-0.25, -0.2) is 0 Å². The van der Waals surface area contributed by atoms with Crippen molar-refractivity contribution in [3.05, 3.63) is 65.5 Å². The third-order valence-electron chi connectivity index (χ3n) is 3.50. The number of aliphatic hydroxyl groups is 1. The Morgan fingerprint density at radius 3 is 2.71 bits per heavy atom. The third kappa shape index (κ3) is 1.96. The summed E-state index contributed by atoms with van der Waals surface area (Å²) >= 11 is 0. The first-order valence-corrected chi connectivity index (χ1v) is 6.00. The van der Waals surface area contributed by atoms with Crippen LogP contribution >= 0.6 is 0 Å². The maximum Gasteiger partial charge on any atom is 0.0827 e. The first-order chi connectivity index (χ1) is 8.34. The van der Waals surface area contributed by atoms with Crippen LogP contribution in [-0.4, -0.2) is 10.1 Å². The van der Waals surface area contributed by atoms with Gasteiger partial charge < -0.3 is 5.11 Å². The smallest absolute Gasteiger partial charge is 0.0827 e. The van der Waals surface area contributed by atoms with Gasteiger partial charge in [0.15, 0.2) is 0 Å². The molecule has 1 aliphatic rings. The average molecular weight is 225 g/mol. The lowest BCUT2D eigenvalue weighted by Gasteiger charge is -2.14. The van der Waals surface area contributed by atoms with Gasteiger partial charge in [0.25, 0.3) is 0 Å². The highest BCUT2D eigenvalue weighted by molar-refractivity contribution is 5.34. The zero-order valence-corrected chi connectivity index (χ0v) is 9.58. The van der Waals surface area contributed by atoms with Crippen molar-refractivity contribution in [3.63, 3.8) is 0 Å². The molecular formula is C15H15NO. The van der Waals surface area contributed by atoms with E-state index >= 15 is 0 Å². The van der Waals surface area contributed by atoms with Crippen LogP contribution in [0.5, 0.6) is 0 Å². The largest absolute Gasteiger partial charge is 0.388 e. The SMILES string of the molecule is O[C@H]1c2ccccc2C[C@H]1Cc1ccccn1. The summed E-state index contributed by atoms with van der Waals surface area (Å²) in [5.41, 5.74) is 3.43. The number of rotatable bonds is 2. The lowest BCUT2D eigenvalue weighted by Crippen LogP contribution is -2.11. The molecule has 0 saturated carbocycles. The van der Waals surface area contributed by atoms with E-state index in [0.29, 0.717) is 0 Å². The van der Waals surface area contributed by atoms with Crippen molar-refractivity contribution in [1.29, 1.82) is 0 Å². The fraction of sp³-hybridized carbons (Fsp3) is 0.267. The normalized spacial score (nSPS) is 22.4. The lowest BCUT2D eigenvalue weighted by molar-refractivity contribution is 0.123. The van der Waals surface area contributed by atoms with Crippen LogP contribution in [0.3, 0.4) is 0 Å². The summed E-state index contributed by atoms with van der Waals surface area (Å²) < 4.78 is 0. The second kappa shape index (κ2) is 4.30. The predicted molar refractivity (Wildman–Crippen MR) is 66.5 cm³/mol. The molecule has 1 N–H and O–H groups in total. The minimum absolute atomic E-state index is 0.266. The molecule has 0 spiro atoms. The lowest BCUT2D eigenvalue weighted by atomic mass is 9.97. The molecule has 3 rings (SSSR count). The van der Waals surface area contributed by atoms with Crippen molar-refractivity contribution in [1.82, 2.24) is 4.98 Å². The summed E-state index contributed by atoms with van der Waals surface area (Å²) in [5.74, 6) is 0.266. The minimum atomic E-state index is -0.340. The quantitative estimate of drug-likeness (QED) is 0.852. The number of pyridine rings is 1. The molecule has 0 saturated heterocycles. The van der Waals surface area contributed by atoms with Crippen LogP contribution in [0.15, 0.2) is 48.7 Å². The zero-order valence-electron chi connectivity index (χ0n) is 9.58. The third-order valence-corrected chi connectivity index (χ3v) is 3.50. The summed E-state index contributed by atoms with van der Waals surface area (Å²) in [7, 11) is 0. The standard InChI is InChI=1S/C15H15NO/c17-15-12(10-13-6-3-4-8-16-13)9-11-5-1-2-7-14(11)15/h1-8,12,15,17H,9-10H2/t12-,15+/m0/s1. The van der Waals surface area contributed by atoms with Crippen LogP contribution in [0.1, 0.15) is 22.9 Å². The van der Waals surface area contributed by atoms with Crippen molar-refractivity contribution >= 4 is 0 Å². The van der Waals surface area contributed by atoms with Gasteiger partial charge in [-0.05, 0) is 42.0 Å². The fourth-order valence-corrected chi connectivity index (χ4v) is 2.63. The van der Waals surface area contributed by atoms with Gasteiger partial charge in [-0.15, -0.1) is 0 Å². The predicted octanol–water partition coefficient (Wildman–Crippen LogP) is 2.53. The number of fused-ring (bicyclic) bond motifs is 1. The van der Waals surface area contributed by atoms with Gasteiger partial charge in [-0.3, -0.25) is 4.98 Å². The molecule has 1 aromatic heterocycles. The van der Waals surface area contributed by atoms with Crippen molar-refractivity contribution in [3.8, 4) is 0 Å². The molecule has 0 amide bonds. The number of aromatic nitrogens is 1. The van der Waals surface area contributed by atoms with Crippen molar-refractivity contribution < 1.29 is 5.11 Å². The van der Waals surface area contributed by atoms with Gasteiger partial charge in [0.2, 0.25) is 0 Å². The highest BCUT2D eigenvalue weighted by Crippen LogP contribution is 2.37. The summed E-state index contributed by atoms with van der Waals surface area (Å²) in [6.45, 7) is 0. The molecular weight excluding hydrogens is 210 g/mol. The molecule has 2 heteroatoms. The number of hydrogen-bond acceptors (Lipinski definition) is 2. The highest BCUT2D eigenvalue weighted by Gasteiger charge is 2.30. The van der Waals surface area contributed by atoms with Crippen LogP contribution in [0.25, 0.3) is 0 Å². The Kier molecular flexibility index (Phi) is 2.65. The Balaban J connectivity index is 1.81. The maximum atomic E-state index is 10.3. The first kappa shape index (κ1) is 10.5. The summed E-state index contributed by atoms with van der Waals surface area (Å²) in [6.07, 6.45) is 3.27. The van der Waals surface area contributed by atoms with E-state index in [1.807, 2.05) is 42.6 Å². The van der Waals surface area contributed by atoms with E-state index in [0.717, 1.165) is 24.1 Å². The molecule has 0 unspecified atom stereocenters. The molecule has 17 heavy (non-hydrogen) atoms. The number of hydrogen-bond donors (Lipinski definition) is 1. The average Bonchev–Trinajstić information content (AvgIpc) is 2.68. The Bertz CT molecular complexity index is 509. The van der Waals surface area contributed by atoms with Gasteiger partial charge in [0.05, 0.1) is 6.10 Å². The van der Waals surface area contributed by atoms with E-state index < -0.39 is 0 Å². The highest BCUT2D eigenvalue weighted by atomic mass is 16.3. The van der Waals surface area contributed by atoms with Gasteiger partial charge in [-0.1, -0.05) is 30.3 Å². The van der Waals surface area contributed by atoms with E-state index in [9.17, 15) is 5.11 Å². The summed E-state index contributed by atoms with van der Waals surface area (Å²) in [5, 5.41) is 10.3.